The maximum atomic E-state index is 11.5. The molecule has 0 aliphatic rings. The predicted molar refractivity (Wildman–Crippen MR) is 89.6 cm³/mol. The normalized spacial score (nSPS) is 9.11. The van der Waals surface area contributed by atoms with Crippen LogP contribution in [0.3, 0.4) is 0 Å². The third-order valence-corrected chi connectivity index (χ3v) is 3.54. The molecule has 0 amide bonds. The predicted octanol–water partition coefficient (Wildman–Crippen LogP) is -0.677. The van der Waals surface area contributed by atoms with Crippen LogP contribution in [0.15, 0.2) is 30.3 Å². The fourth-order valence-electron chi connectivity index (χ4n) is 2.21. The number of nitro groups is 1. The van der Waals surface area contributed by atoms with E-state index in [4.69, 9.17) is 26.6 Å². The fraction of sp³-hybridized carbons (Fsp3) is 0.0667. The molecule has 0 atom stereocenters. The molecule has 0 unspecified atom stereocenters. The van der Waals surface area contributed by atoms with Crippen molar-refractivity contribution in [3.63, 3.8) is 0 Å². The van der Waals surface area contributed by atoms with Crippen LogP contribution in [-0.2, 0) is 0 Å². The summed E-state index contributed by atoms with van der Waals surface area (Å²) in [5.74, 6) is -3.01. The Hall–Kier alpha value is -2.61. The van der Waals surface area contributed by atoms with Crippen LogP contribution in [0.2, 0.25) is 5.02 Å². The second-order valence-corrected chi connectivity index (χ2v) is 5.01. The maximum Gasteiger partial charge on any atom is 1.00 e. The van der Waals surface area contributed by atoms with Gasteiger partial charge in [-0.1, -0.05) is 23.7 Å². The third kappa shape index (κ3) is 5.19. The van der Waals surface area contributed by atoms with Gasteiger partial charge in [0.15, 0.2) is 0 Å². The average molecular weight is 394 g/mol. The minimum atomic E-state index is -1.43. The average Bonchev–Trinajstić information content (AvgIpc) is 2.53. The van der Waals surface area contributed by atoms with Crippen molar-refractivity contribution < 1.29 is 59.3 Å². The van der Waals surface area contributed by atoms with E-state index in [1.807, 2.05) is 0 Å². The Morgan fingerprint density at radius 3 is 2.04 bits per heavy atom. The number of hydrogen-bond acceptors (Lipinski definition) is 6. The van der Waals surface area contributed by atoms with E-state index in [0.717, 1.165) is 13.2 Å². The molecule has 10 nitrogen and oxygen atoms in total. The molecule has 0 heterocycles. The molecule has 2 rings (SSSR count). The molecule has 0 spiro atoms. The summed E-state index contributed by atoms with van der Waals surface area (Å²) in [6, 6.07) is 6.26. The summed E-state index contributed by atoms with van der Waals surface area (Å²) in [6.45, 7) is 0. The first-order valence-corrected chi connectivity index (χ1v) is 6.77. The van der Waals surface area contributed by atoms with Crippen LogP contribution in [0.5, 0.6) is 5.75 Å². The Kier molecular flexibility index (Phi) is 10.4. The van der Waals surface area contributed by atoms with Gasteiger partial charge in [-0.25, -0.2) is 9.59 Å². The topological polar surface area (TPSA) is 188 Å². The van der Waals surface area contributed by atoms with Gasteiger partial charge in [0, 0.05) is 0 Å². The second-order valence-electron chi connectivity index (χ2n) is 4.61. The van der Waals surface area contributed by atoms with Crippen molar-refractivity contribution in [2.75, 3.05) is 7.11 Å². The van der Waals surface area contributed by atoms with Crippen molar-refractivity contribution in [2.24, 2.45) is 0 Å². The number of ether oxygens (including phenoxy) is 1. The number of halogens is 1. The van der Waals surface area contributed by atoms with Crippen LogP contribution >= 0.6 is 11.6 Å². The molecule has 0 aliphatic heterocycles. The van der Waals surface area contributed by atoms with Crippen LogP contribution in [0.1, 0.15) is 20.7 Å². The number of rotatable bonds is 5. The summed E-state index contributed by atoms with van der Waals surface area (Å²) in [5, 5.41) is 29.4. The molecule has 0 aromatic heterocycles. The van der Waals surface area contributed by atoms with Gasteiger partial charge in [0.1, 0.15) is 5.56 Å². The zero-order valence-electron chi connectivity index (χ0n) is 14.1. The van der Waals surface area contributed by atoms with Gasteiger partial charge in [0.25, 0.3) is 0 Å². The molecule has 27 heavy (non-hydrogen) atoms. The van der Waals surface area contributed by atoms with Gasteiger partial charge in [-0.15, -0.1) is 0 Å². The van der Waals surface area contributed by atoms with E-state index < -0.39 is 33.9 Å². The number of carbonyl (C=O) groups is 2. The van der Waals surface area contributed by atoms with Gasteiger partial charge in [-0.3, -0.25) is 10.1 Å². The molecule has 0 radical (unpaired) electrons. The number of carboxylic acids is 2. The zero-order chi connectivity index (χ0) is 18.0. The smallest absolute Gasteiger partial charge is 0.870 e. The Bertz CT molecular complexity index is 855. The van der Waals surface area contributed by atoms with Crippen LogP contribution in [0.4, 0.5) is 5.69 Å². The van der Waals surface area contributed by atoms with Gasteiger partial charge >= 0.3 is 36.5 Å². The van der Waals surface area contributed by atoms with E-state index in [-0.39, 0.29) is 51.5 Å². The summed E-state index contributed by atoms with van der Waals surface area (Å²) in [5.41, 5.74) is -0.857. The molecule has 0 saturated heterocycles. The first-order valence-electron chi connectivity index (χ1n) is 6.39. The third-order valence-electron chi connectivity index (χ3n) is 3.24. The van der Waals surface area contributed by atoms with Crippen molar-refractivity contribution in [3.05, 3.63) is 56.6 Å². The largest absolute Gasteiger partial charge is 1.00 e. The monoisotopic (exact) mass is 393 g/mol. The van der Waals surface area contributed by atoms with Crippen molar-refractivity contribution in [1.29, 1.82) is 0 Å². The van der Waals surface area contributed by atoms with Crippen LogP contribution < -0.4 is 23.6 Å². The molecular weight excluding hydrogens is 381 g/mol. The summed E-state index contributed by atoms with van der Waals surface area (Å²) in [6.07, 6.45) is 0. The van der Waals surface area contributed by atoms with Crippen LogP contribution in [-0.4, -0.2) is 45.1 Å². The number of nitro benzene ring substituents is 1. The van der Waals surface area contributed by atoms with Crippen molar-refractivity contribution in [3.8, 4) is 16.9 Å². The summed E-state index contributed by atoms with van der Waals surface area (Å²) in [7, 11) is 1.11. The number of methoxy groups -OCH3 is 1. The first-order chi connectivity index (χ1) is 11.3. The SMILES string of the molecule is COc1c(C(=O)O)cc(Cl)c(-c2ccc(C(=O)O)cc2)c1[N+](=O)[O-].O.[Li+].[OH-]. The van der Waals surface area contributed by atoms with E-state index in [0.29, 0.717) is 0 Å². The molecule has 0 saturated carbocycles. The minimum absolute atomic E-state index is 0. The van der Waals surface area contributed by atoms with Crippen molar-refractivity contribution in [2.45, 2.75) is 0 Å². The summed E-state index contributed by atoms with van der Waals surface area (Å²) < 4.78 is 4.90. The number of benzene rings is 2. The fourth-order valence-corrected chi connectivity index (χ4v) is 2.52. The molecular formula is C15H13ClLiNO9. The van der Waals surface area contributed by atoms with Gasteiger partial charge in [-0.05, 0) is 23.8 Å². The molecule has 0 fully saturated rings. The molecule has 0 aliphatic carbocycles. The van der Waals surface area contributed by atoms with E-state index in [1.54, 1.807) is 0 Å². The first kappa shape index (κ1) is 26.6. The Morgan fingerprint density at radius 2 is 1.67 bits per heavy atom. The molecule has 2 aromatic carbocycles. The zero-order valence-corrected chi connectivity index (χ0v) is 14.9. The summed E-state index contributed by atoms with van der Waals surface area (Å²) in [4.78, 5) is 32.8. The molecule has 140 valence electrons. The standard InChI is InChI=1S/C15H10ClNO7.Li.2H2O/c1-24-13-9(15(20)21)6-10(16)11(12(13)17(22)23)7-2-4-8(5-3-7)14(18)19;;;/h2-6H,1H3,(H,18,19)(H,20,21);;2*1H2/q;+1;;/p-1. The van der Waals surface area contributed by atoms with Gasteiger partial charge in [0.2, 0.25) is 5.75 Å². The van der Waals surface area contributed by atoms with Gasteiger partial charge in [-0.2, -0.15) is 0 Å². The second kappa shape index (κ2) is 10.5. The Balaban J connectivity index is 0. The Labute approximate surface area is 169 Å². The Morgan fingerprint density at radius 1 is 1.15 bits per heavy atom. The van der Waals surface area contributed by atoms with Crippen LogP contribution in [0, 0.1) is 10.1 Å². The molecule has 2 aromatic rings. The number of carboxylic acid groups (broad SMARTS) is 2. The maximum absolute atomic E-state index is 11.5. The van der Waals surface area contributed by atoms with Crippen molar-refractivity contribution >= 4 is 29.2 Å². The number of nitrogens with zero attached hydrogens (tertiary/aromatic N) is 1. The quantitative estimate of drug-likeness (QED) is 0.379. The number of hydrogen-bond donors (Lipinski definition) is 2. The van der Waals surface area contributed by atoms with E-state index in [9.17, 15) is 19.7 Å². The molecule has 12 heteroatoms. The van der Waals surface area contributed by atoms with Crippen LogP contribution in [0.25, 0.3) is 11.1 Å². The van der Waals surface area contributed by atoms with Gasteiger partial charge < -0.3 is 25.9 Å². The molecule has 0 bridgehead atoms. The number of aromatic carboxylic acids is 2. The van der Waals surface area contributed by atoms with E-state index in [1.165, 1.54) is 24.3 Å². The van der Waals surface area contributed by atoms with Gasteiger partial charge in [0.05, 0.1) is 28.2 Å². The molecule has 5 N–H and O–H groups in total. The summed E-state index contributed by atoms with van der Waals surface area (Å²) >= 11 is 6.05. The van der Waals surface area contributed by atoms with Crippen molar-refractivity contribution in [1.82, 2.24) is 0 Å². The van der Waals surface area contributed by atoms with E-state index >= 15 is 0 Å². The minimum Gasteiger partial charge on any atom is -0.870 e. The van der Waals surface area contributed by atoms with E-state index in [2.05, 4.69) is 0 Å².